The Morgan fingerprint density at radius 3 is 2.30 bits per heavy atom. The second-order valence-electron chi connectivity index (χ2n) is 6.54. The highest BCUT2D eigenvalue weighted by Crippen LogP contribution is 2.48. The van der Waals surface area contributed by atoms with Gasteiger partial charge in [0.05, 0.1) is 11.8 Å². The lowest BCUT2D eigenvalue weighted by Gasteiger charge is -2.23. The van der Waals surface area contributed by atoms with Gasteiger partial charge in [-0.1, -0.05) is 44.8 Å². The van der Waals surface area contributed by atoms with Gasteiger partial charge in [0, 0.05) is 6.42 Å². The van der Waals surface area contributed by atoms with E-state index in [1.54, 1.807) is 0 Å². The number of carbonyl (C=O) groups excluding carboxylic acids is 2. The molecule has 0 aliphatic heterocycles. The quantitative estimate of drug-likeness (QED) is 0.362. The molecule has 2 rings (SSSR count). The number of fused-ring (bicyclic) bond motifs is 2. The van der Waals surface area contributed by atoms with E-state index in [2.05, 4.69) is 17.8 Å². The number of carboxylic acid groups (broad SMARTS) is 1. The van der Waals surface area contributed by atoms with Gasteiger partial charge < -0.3 is 5.11 Å². The maximum Gasteiger partial charge on any atom is 0.307 e. The highest BCUT2D eigenvalue weighted by atomic mass is 16.4. The number of allylic oxidation sites excluding steroid dienone is 2. The molecule has 0 spiro atoms. The fourth-order valence-electron chi connectivity index (χ4n) is 3.68. The van der Waals surface area contributed by atoms with Crippen LogP contribution in [0.2, 0.25) is 0 Å². The number of nitrogens with one attached hydrogen (secondary N) is 2. The summed E-state index contributed by atoms with van der Waals surface area (Å²) in [6.45, 7) is 2.14. The molecule has 0 radical (unpaired) electrons. The Morgan fingerprint density at radius 1 is 1.00 bits per heavy atom. The van der Waals surface area contributed by atoms with Crippen LogP contribution in [0.5, 0.6) is 0 Å². The van der Waals surface area contributed by atoms with E-state index < -0.39 is 23.7 Å². The highest BCUT2D eigenvalue weighted by Gasteiger charge is 2.51. The minimum atomic E-state index is -0.941. The molecule has 6 nitrogen and oxygen atoms in total. The third-order valence-corrected chi connectivity index (χ3v) is 4.88. The topological polar surface area (TPSA) is 95.5 Å². The number of hydrogen-bond acceptors (Lipinski definition) is 3. The van der Waals surface area contributed by atoms with Gasteiger partial charge in [-0.2, -0.15) is 0 Å². The molecule has 128 valence electrons. The molecule has 0 heterocycles. The molecule has 4 atom stereocenters. The first-order valence-electron chi connectivity index (χ1n) is 8.54. The third-order valence-electron chi connectivity index (χ3n) is 4.88. The summed E-state index contributed by atoms with van der Waals surface area (Å²) in [5, 5.41) is 9.32. The summed E-state index contributed by atoms with van der Waals surface area (Å²) >= 11 is 0. The predicted molar refractivity (Wildman–Crippen MR) is 85.0 cm³/mol. The van der Waals surface area contributed by atoms with Gasteiger partial charge in [0.15, 0.2) is 0 Å². The van der Waals surface area contributed by atoms with Crippen molar-refractivity contribution in [2.45, 2.75) is 51.9 Å². The number of carbonyl (C=O) groups is 3. The van der Waals surface area contributed by atoms with Crippen LogP contribution in [0.4, 0.5) is 0 Å². The molecule has 2 amide bonds. The summed E-state index contributed by atoms with van der Waals surface area (Å²) in [6, 6.07) is 0. The van der Waals surface area contributed by atoms with E-state index in [1.807, 2.05) is 12.2 Å². The van der Waals surface area contributed by atoms with Crippen LogP contribution in [-0.4, -0.2) is 22.9 Å². The molecule has 0 aromatic carbocycles. The van der Waals surface area contributed by atoms with Gasteiger partial charge in [0.25, 0.3) is 0 Å². The average molecular weight is 322 g/mol. The lowest BCUT2D eigenvalue weighted by Crippen LogP contribution is -2.48. The number of aliphatic carboxylic acids is 1. The largest absolute Gasteiger partial charge is 0.481 e. The zero-order valence-corrected chi connectivity index (χ0v) is 13.6. The Labute approximate surface area is 136 Å². The Hall–Kier alpha value is -1.85. The maximum atomic E-state index is 12.2. The van der Waals surface area contributed by atoms with E-state index in [-0.39, 0.29) is 17.7 Å². The van der Waals surface area contributed by atoms with Crippen molar-refractivity contribution in [3.8, 4) is 0 Å². The van der Waals surface area contributed by atoms with Gasteiger partial charge in [0.1, 0.15) is 0 Å². The molecule has 2 bridgehead atoms. The fourth-order valence-corrected chi connectivity index (χ4v) is 3.68. The zero-order valence-electron chi connectivity index (χ0n) is 13.6. The van der Waals surface area contributed by atoms with E-state index in [9.17, 15) is 19.5 Å². The van der Waals surface area contributed by atoms with Crippen LogP contribution in [0.1, 0.15) is 51.9 Å². The number of amides is 2. The molecular formula is C17H26N2O4. The summed E-state index contributed by atoms with van der Waals surface area (Å²) in [5.74, 6) is -2.93. The SMILES string of the molecule is CCCCCCCC(=O)NNC(=O)[C@H]1[C@@H](C(=O)O)[C@H]2C=C[C@H]1C2. The lowest BCUT2D eigenvalue weighted by atomic mass is 9.82. The average Bonchev–Trinajstić information content (AvgIpc) is 3.13. The van der Waals surface area contributed by atoms with Crippen LogP contribution in [0.15, 0.2) is 12.2 Å². The Kier molecular flexibility index (Phi) is 6.19. The second-order valence-corrected chi connectivity index (χ2v) is 6.54. The molecule has 23 heavy (non-hydrogen) atoms. The van der Waals surface area contributed by atoms with Crippen molar-refractivity contribution in [3.63, 3.8) is 0 Å². The molecular weight excluding hydrogens is 296 g/mol. The molecule has 2 aliphatic rings. The summed E-state index contributed by atoms with van der Waals surface area (Å²) in [6.07, 6.45) is 10.2. The summed E-state index contributed by atoms with van der Waals surface area (Å²) < 4.78 is 0. The predicted octanol–water partition coefficient (Wildman–Crippen LogP) is 2.02. The Bertz CT molecular complexity index is 489. The van der Waals surface area contributed by atoms with Crippen molar-refractivity contribution in [1.29, 1.82) is 0 Å². The molecule has 0 unspecified atom stereocenters. The Balaban J connectivity index is 1.73. The van der Waals surface area contributed by atoms with Crippen LogP contribution in [0.3, 0.4) is 0 Å². The number of unbranched alkanes of at least 4 members (excludes halogenated alkanes) is 4. The van der Waals surface area contributed by atoms with Gasteiger partial charge >= 0.3 is 5.97 Å². The molecule has 0 aromatic heterocycles. The van der Waals surface area contributed by atoms with Crippen molar-refractivity contribution in [1.82, 2.24) is 10.9 Å². The Morgan fingerprint density at radius 2 is 1.65 bits per heavy atom. The van der Waals surface area contributed by atoms with Gasteiger partial charge in [0.2, 0.25) is 11.8 Å². The van der Waals surface area contributed by atoms with E-state index in [4.69, 9.17) is 0 Å². The lowest BCUT2D eigenvalue weighted by molar-refractivity contribution is -0.148. The molecule has 1 fully saturated rings. The molecule has 3 N–H and O–H groups in total. The molecule has 2 aliphatic carbocycles. The molecule has 0 aromatic rings. The van der Waals surface area contributed by atoms with E-state index in [1.165, 1.54) is 6.42 Å². The number of hydrazine groups is 1. The van der Waals surface area contributed by atoms with Crippen molar-refractivity contribution >= 4 is 17.8 Å². The van der Waals surface area contributed by atoms with Crippen LogP contribution in [0, 0.1) is 23.7 Å². The molecule has 1 saturated carbocycles. The number of hydrogen-bond donors (Lipinski definition) is 3. The smallest absolute Gasteiger partial charge is 0.307 e. The number of rotatable bonds is 8. The van der Waals surface area contributed by atoms with Crippen molar-refractivity contribution in [2.24, 2.45) is 23.7 Å². The second kappa shape index (κ2) is 8.13. The van der Waals surface area contributed by atoms with Crippen LogP contribution < -0.4 is 10.9 Å². The summed E-state index contributed by atoms with van der Waals surface area (Å²) in [4.78, 5) is 35.3. The van der Waals surface area contributed by atoms with Crippen LogP contribution in [0.25, 0.3) is 0 Å². The first-order chi connectivity index (χ1) is 11.0. The van der Waals surface area contributed by atoms with E-state index in [0.29, 0.717) is 12.8 Å². The molecule has 0 saturated heterocycles. The third kappa shape index (κ3) is 4.33. The standard InChI is InChI=1S/C17H26N2O4/c1-2-3-4-5-6-7-13(20)18-19-16(21)14-11-8-9-12(10-11)15(14)17(22)23/h8-9,11-12,14-15H,2-7,10H2,1H3,(H,18,20)(H,19,21)(H,22,23)/t11-,12-,14+,15-/m0/s1. The van der Waals surface area contributed by atoms with Gasteiger partial charge in [-0.3, -0.25) is 25.2 Å². The minimum absolute atomic E-state index is 0.0351. The van der Waals surface area contributed by atoms with Crippen LogP contribution in [-0.2, 0) is 14.4 Å². The molecule has 6 heteroatoms. The van der Waals surface area contributed by atoms with Crippen molar-refractivity contribution in [3.05, 3.63) is 12.2 Å². The summed E-state index contributed by atoms with van der Waals surface area (Å²) in [5.41, 5.74) is 4.82. The van der Waals surface area contributed by atoms with E-state index in [0.717, 1.165) is 25.7 Å². The first-order valence-corrected chi connectivity index (χ1v) is 8.54. The summed E-state index contributed by atoms with van der Waals surface area (Å²) in [7, 11) is 0. The van der Waals surface area contributed by atoms with Gasteiger partial charge in [-0.05, 0) is 24.7 Å². The van der Waals surface area contributed by atoms with Gasteiger partial charge in [-0.15, -0.1) is 0 Å². The van der Waals surface area contributed by atoms with Crippen LogP contribution >= 0.6 is 0 Å². The van der Waals surface area contributed by atoms with Gasteiger partial charge in [-0.25, -0.2) is 0 Å². The highest BCUT2D eigenvalue weighted by molar-refractivity contribution is 5.88. The normalized spacial score (nSPS) is 27.9. The monoisotopic (exact) mass is 322 g/mol. The van der Waals surface area contributed by atoms with Crippen molar-refractivity contribution < 1.29 is 19.5 Å². The fraction of sp³-hybridized carbons (Fsp3) is 0.706. The maximum absolute atomic E-state index is 12.2. The zero-order chi connectivity index (χ0) is 16.8. The first kappa shape index (κ1) is 17.5. The van der Waals surface area contributed by atoms with E-state index >= 15 is 0 Å². The van der Waals surface area contributed by atoms with Crippen molar-refractivity contribution in [2.75, 3.05) is 0 Å². The number of carboxylic acids is 1. The minimum Gasteiger partial charge on any atom is -0.481 e.